The zero-order chi connectivity index (χ0) is 10.7. The predicted octanol–water partition coefficient (Wildman–Crippen LogP) is 1.29. The summed E-state index contributed by atoms with van der Waals surface area (Å²) < 4.78 is 0. The Morgan fingerprint density at radius 2 is 2.13 bits per heavy atom. The molecule has 2 rings (SSSR count). The van der Waals surface area contributed by atoms with Gasteiger partial charge < -0.3 is 0 Å². The number of nitriles is 1. The maximum Gasteiger partial charge on any atom is 0.133 e. The van der Waals surface area contributed by atoms with E-state index in [1.807, 2.05) is 0 Å². The first-order valence-electron chi connectivity index (χ1n) is 5.79. The zero-order valence-corrected chi connectivity index (χ0v) is 9.79. The lowest BCUT2D eigenvalue weighted by Gasteiger charge is -2.25. The highest BCUT2D eigenvalue weighted by molar-refractivity contribution is 6.22. The van der Waals surface area contributed by atoms with E-state index in [4.69, 9.17) is 16.9 Å². The molecular formula is C11H18ClN3. The summed E-state index contributed by atoms with van der Waals surface area (Å²) in [6.07, 6.45) is 3.86. The van der Waals surface area contributed by atoms with Crippen LogP contribution >= 0.6 is 11.6 Å². The van der Waals surface area contributed by atoms with E-state index >= 15 is 0 Å². The number of halogens is 1. The third kappa shape index (κ3) is 2.84. The summed E-state index contributed by atoms with van der Waals surface area (Å²) in [5, 5.41) is 8.36. The molecule has 2 aliphatic rings. The minimum absolute atomic E-state index is 0.349. The molecule has 84 valence electrons. The second kappa shape index (κ2) is 5.16. The Bertz CT molecular complexity index is 251. The molecule has 0 aromatic heterocycles. The lowest BCUT2D eigenvalue weighted by atomic mass is 10.2. The van der Waals surface area contributed by atoms with Gasteiger partial charge in [0.25, 0.3) is 0 Å². The van der Waals surface area contributed by atoms with Crippen molar-refractivity contribution in [1.29, 1.82) is 5.26 Å². The number of fused-ring (bicyclic) bond motifs is 1. The molecule has 0 aromatic rings. The molecule has 0 aliphatic carbocycles. The second-order valence-electron chi connectivity index (χ2n) is 4.54. The van der Waals surface area contributed by atoms with Gasteiger partial charge in [-0.05, 0) is 38.9 Å². The largest absolute Gasteiger partial charge is 0.299 e. The Labute approximate surface area is 96.6 Å². The lowest BCUT2D eigenvalue weighted by Crippen LogP contribution is -2.38. The van der Waals surface area contributed by atoms with Crippen molar-refractivity contribution < 1.29 is 0 Å². The van der Waals surface area contributed by atoms with Gasteiger partial charge in [-0.1, -0.05) is 0 Å². The minimum Gasteiger partial charge on any atom is -0.299 e. The molecule has 0 saturated carbocycles. The van der Waals surface area contributed by atoms with E-state index in [1.165, 1.54) is 32.4 Å². The summed E-state index contributed by atoms with van der Waals surface area (Å²) >= 11 is 5.88. The Hall–Kier alpha value is -0.300. The fourth-order valence-electron chi connectivity index (χ4n) is 2.72. The Morgan fingerprint density at radius 1 is 1.33 bits per heavy atom. The third-order valence-electron chi connectivity index (χ3n) is 3.45. The van der Waals surface area contributed by atoms with Crippen LogP contribution in [0.25, 0.3) is 0 Å². The molecule has 0 N–H and O–H groups in total. The van der Waals surface area contributed by atoms with Gasteiger partial charge in [0.15, 0.2) is 0 Å². The van der Waals surface area contributed by atoms with E-state index in [2.05, 4.69) is 15.9 Å². The summed E-state index contributed by atoms with van der Waals surface area (Å²) in [7, 11) is 0. The average Bonchev–Trinajstić information content (AvgIpc) is 2.58. The van der Waals surface area contributed by atoms with Gasteiger partial charge in [-0.15, -0.1) is 11.6 Å². The predicted molar refractivity (Wildman–Crippen MR) is 60.9 cm³/mol. The van der Waals surface area contributed by atoms with Crippen LogP contribution in [0.3, 0.4) is 0 Å². The fraction of sp³-hybridized carbons (Fsp3) is 0.909. The molecule has 0 amide bonds. The van der Waals surface area contributed by atoms with Gasteiger partial charge in [0.2, 0.25) is 0 Å². The quantitative estimate of drug-likeness (QED) is 0.666. The maximum atomic E-state index is 8.70. The van der Waals surface area contributed by atoms with Crippen LogP contribution in [0.4, 0.5) is 0 Å². The minimum atomic E-state index is -0.349. The van der Waals surface area contributed by atoms with Crippen LogP contribution in [-0.4, -0.2) is 53.9 Å². The van der Waals surface area contributed by atoms with Gasteiger partial charge in [0, 0.05) is 19.1 Å². The fourth-order valence-corrected chi connectivity index (χ4v) is 2.91. The highest BCUT2D eigenvalue weighted by atomic mass is 35.5. The van der Waals surface area contributed by atoms with E-state index in [9.17, 15) is 0 Å². The van der Waals surface area contributed by atoms with Gasteiger partial charge in [-0.2, -0.15) is 5.26 Å². The van der Waals surface area contributed by atoms with Crippen LogP contribution in [0.2, 0.25) is 0 Å². The molecule has 2 unspecified atom stereocenters. The number of nitrogens with zero attached hydrogens (tertiary/aromatic N) is 3. The first-order chi connectivity index (χ1) is 7.29. The molecule has 2 atom stereocenters. The highest BCUT2D eigenvalue weighted by Gasteiger charge is 2.29. The molecule has 0 spiro atoms. The SMILES string of the molecule is N#CC(Cl)CN1CCCN2CCCC2C1. The van der Waals surface area contributed by atoms with Crippen molar-refractivity contribution in [3.05, 3.63) is 0 Å². The van der Waals surface area contributed by atoms with Crippen LogP contribution in [-0.2, 0) is 0 Å². The third-order valence-corrected chi connectivity index (χ3v) is 3.68. The van der Waals surface area contributed by atoms with Crippen molar-refractivity contribution in [2.45, 2.75) is 30.7 Å². The van der Waals surface area contributed by atoms with Gasteiger partial charge in [-0.3, -0.25) is 9.80 Å². The molecular weight excluding hydrogens is 210 g/mol. The second-order valence-corrected chi connectivity index (χ2v) is 5.07. The first kappa shape index (κ1) is 11.2. The van der Waals surface area contributed by atoms with Gasteiger partial charge in [0.1, 0.15) is 5.38 Å². The summed E-state index contributed by atoms with van der Waals surface area (Å²) in [5.41, 5.74) is 0. The monoisotopic (exact) mass is 227 g/mol. The molecule has 4 heteroatoms. The van der Waals surface area contributed by atoms with E-state index in [0.717, 1.165) is 25.7 Å². The van der Waals surface area contributed by atoms with E-state index in [-0.39, 0.29) is 5.38 Å². The standard InChI is InChI=1S/C11H18ClN3/c12-10(7-13)8-14-4-2-6-15-5-1-3-11(15)9-14/h10-11H,1-6,8-9H2. The lowest BCUT2D eigenvalue weighted by molar-refractivity contribution is 0.223. The summed E-state index contributed by atoms with van der Waals surface area (Å²) in [5.74, 6) is 0. The average molecular weight is 228 g/mol. The Morgan fingerprint density at radius 3 is 2.93 bits per heavy atom. The van der Waals surface area contributed by atoms with E-state index < -0.39 is 0 Å². The molecule has 3 nitrogen and oxygen atoms in total. The van der Waals surface area contributed by atoms with Crippen molar-refractivity contribution in [3.8, 4) is 6.07 Å². The van der Waals surface area contributed by atoms with E-state index in [1.54, 1.807) is 0 Å². The topological polar surface area (TPSA) is 30.3 Å². The van der Waals surface area contributed by atoms with Gasteiger partial charge >= 0.3 is 0 Å². The molecule has 2 saturated heterocycles. The molecule has 0 radical (unpaired) electrons. The molecule has 15 heavy (non-hydrogen) atoms. The summed E-state index contributed by atoms with van der Waals surface area (Å²) in [4.78, 5) is 4.95. The van der Waals surface area contributed by atoms with E-state index in [0.29, 0.717) is 0 Å². The van der Waals surface area contributed by atoms with Gasteiger partial charge in [-0.25, -0.2) is 0 Å². The van der Waals surface area contributed by atoms with Crippen molar-refractivity contribution >= 4 is 11.6 Å². The first-order valence-corrected chi connectivity index (χ1v) is 6.23. The van der Waals surface area contributed by atoms with Crippen LogP contribution in [0.15, 0.2) is 0 Å². The number of alkyl halides is 1. The summed E-state index contributed by atoms with van der Waals surface area (Å²) in [6.45, 7) is 5.41. The molecule has 2 fully saturated rings. The normalized spacial score (nSPS) is 30.5. The van der Waals surface area contributed by atoms with Crippen LogP contribution in [0.5, 0.6) is 0 Å². The molecule has 2 heterocycles. The van der Waals surface area contributed by atoms with Crippen LogP contribution in [0.1, 0.15) is 19.3 Å². The number of hydrogen-bond acceptors (Lipinski definition) is 3. The zero-order valence-electron chi connectivity index (χ0n) is 9.03. The van der Waals surface area contributed by atoms with Crippen molar-refractivity contribution in [3.63, 3.8) is 0 Å². The van der Waals surface area contributed by atoms with Crippen molar-refractivity contribution in [2.75, 3.05) is 32.7 Å². The summed E-state index contributed by atoms with van der Waals surface area (Å²) in [6, 6.07) is 2.82. The Kier molecular flexibility index (Phi) is 3.85. The van der Waals surface area contributed by atoms with Gasteiger partial charge in [0.05, 0.1) is 6.07 Å². The molecule has 0 aromatic carbocycles. The van der Waals surface area contributed by atoms with Crippen molar-refractivity contribution in [1.82, 2.24) is 9.80 Å². The maximum absolute atomic E-state index is 8.70. The Balaban J connectivity index is 1.88. The highest BCUT2D eigenvalue weighted by Crippen LogP contribution is 2.21. The van der Waals surface area contributed by atoms with Crippen LogP contribution in [0, 0.1) is 11.3 Å². The number of rotatable bonds is 2. The molecule has 0 bridgehead atoms. The molecule has 2 aliphatic heterocycles. The smallest absolute Gasteiger partial charge is 0.133 e. The van der Waals surface area contributed by atoms with Crippen molar-refractivity contribution in [2.24, 2.45) is 0 Å². The van der Waals surface area contributed by atoms with Crippen LogP contribution < -0.4 is 0 Å². The number of hydrogen-bond donors (Lipinski definition) is 0.